The number of aromatic nitrogens is 3. The van der Waals surface area contributed by atoms with Crippen LogP contribution in [0.25, 0.3) is 5.69 Å². The van der Waals surface area contributed by atoms with Gasteiger partial charge in [-0.2, -0.15) is 0 Å². The van der Waals surface area contributed by atoms with Gasteiger partial charge in [0.25, 0.3) is 0 Å². The highest BCUT2D eigenvalue weighted by molar-refractivity contribution is 6.30. The summed E-state index contributed by atoms with van der Waals surface area (Å²) in [7, 11) is 0. The van der Waals surface area contributed by atoms with Crippen molar-refractivity contribution in [3.05, 3.63) is 40.4 Å². The SMILES string of the molecule is O=C(O)NC1Cc2cc(Cl)ccc2-n2c(nnc2C2CC(F)(F)C2)C1. The first-order chi connectivity index (χ1) is 11.8. The van der Waals surface area contributed by atoms with Crippen LogP contribution in [-0.4, -0.2) is 37.9 Å². The molecule has 1 aromatic carbocycles. The van der Waals surface area contributed by atoms with Crippen molar-refractivity contribution in [3.8, 4) is 5.69 Å². The van der Waals surface area contributed by atoms with Gasteiger partial charge in [-0.15, -0.1) is 10.2 Å². The van der Waals surface area contributed by atoms with E-state index in [4.69, 9.17) is 16.7 Å². The molecule has 9 heteroatoms. The van der Waals surface area contributed by atoms with Crippen molar-refractivity contribution in [2.45, 2.75) is 43.6 Å². The first-order valence-electron chi connectivity index (χ1n) is 7.93. The summed E-state index contributed by atoms with van der Waals surface area (Å²) in [6.07, 6.45) is -0.851. The van der Waals surface area contributed by atoms with Gasteiger partial charge in [0.1, 0.15) is 11.6 Å². The Hall–Kier alpha value is -2.22. The van der Waals surface area contributed by atoms with Crippen LogP contribution < -0.4 is 5.32 Å². The molecule has 0 radical (unpaired) electrons. The average Bonchev–Trinajstić information content (AvgIpc) is 2.81. The normalized spacial score (nSPS) is 21.6. The summed E-state index contributed by atoms with van der Waals surface area (Å²) in [4.78, 5) is 11.0. The fourth-order valence-electron chi connectivity index (χ4n) is 3.60. The third kappa shape index (κ3) is 2.95. The monoisotopic (exact) mass is 368 g/mol. The first kappa shape index (κ1) is 16.3. The van der Waals surface area contributed by atoms with Crippen LogP contribution in [0.5, 0.6) is 0 Å². The van der Waals surface area contributed by atoms with Gasteiger partial charge >= 0.3 is 6.09 Å². The molecule has 132 valence electrons. The van der Waals surface area contributed by atoms with E-state index >= 15 is 0 Å². The van der Waals surface area contributed by atoms with Crippen molar-refractivity contribution >= 4 is 17.7 Å². The smallest absolute Gasteiger partial charge is 0.404 e. The number of hydrogen-bond donors (Lipinski definition) is 2. The van der Waals surface area contributed by atoms with E-state index < -0.39 is 18.1 Å². The Bertz CT molecular complexity index is 847. The van der Waals surface area contributed by atoms with E-state index in [1.54, 1.807) is 22.8 Å². The zero-order valence-electron chi connectivity index (χ0n) is 13.0. The van der Waals surface area contributed by atoms with Gasteiger partial charge in [-0.3, -0.25) is 4.57 Å². The minimum atomic E-state index is -2.65. The maximum absolute atomic E-state index is 13.3. The van der Waals surface area contributed by atoms with Gasteiger partial charge < -0.3 is 10.4 Å². The molecule has 4 rings (SSSR count). The molecule has 0 bridgehead atoms. The van der Waals surface area contributed by atoms with Gasteiger partial charge in [0.2, 0.25) is 5.92 Å². The molecule has 1 aliphatic heterocycles. The Morgan fingerprint density at radius 3 is 2.76 bits per heavy atom. The molecule has 2 heterocycles. The third-order valence-corrected chi connectivity index (χ3v) is 4.95. The summed E-state index contributed by atoms with van der Waals surface area (Å²) in [6, 6.07) is 4.89. The second kappa shape index (κ2) is 5.66. The number of halogens is 3. The van der Waals surface area contributed by atoms with Crippen LogP contribution in [0.3, 0.4) is 0 Å². The van der Waals surface area contributed by atoms with Crippen molar-refractivity contribution < 1.29 is 18.7 Å². The topological polar surface area (TPSA) is 80.0 Å². The summed E-state index contributed by atoms with van der Waals surface area (Å²) in [5.74, 6) is -1.95. The number of nitrogens with one attached hydrogen (secondary N) is 1. The largest absolute Gasteiger partial charge is 0.465 e. The quantitative estimate of drug-likeness (QED) is 0.853. The molecule has 0 saturated heterocycles. The summed E-state index contributed by atoms with van der Waals surface area (Å²) in [5.41, 5.74) is 1.60. The van der Waals surface area contributed by atoms with Crippen LogP contribution in [0.15, 0.2) is 18.2 Å². The zero-order valence-corrected chi connectivity index (χ0v) is 13.8. The lowest BCUT2D eigenvalue weighted by Crippen LogP contribution is -2.36. The highest BCUT2D eigenvalue weighted by Gasteiger charge is 2.48. The molecule has 1 unspecified atom stereocenters. The van der Waals surface area contributed by atoms with E-state index in [9.17, 15) is 13.6 Å². The number of alkyl halides is 2. The number of rotatable bonds is 2. The number of carbonyl (C=O) groups is 1. The van der Waals surface area contributed by atoms with Crippen molar-refractivity contribution in [1.82, 2.24) is 20.1 Å². The predicted octanol–water partition coefficient (Wildman–Crippen LogP) is 3.17. The van der Waals surface area contributed by atoms with Crippen LogP contribution in [-0.2, 0) is 12.8 Å². The molecule has 2 aromatic rings. The van der Waals surface area contributed by atoms with E-state index in [0.29, 0.717) is 29.5 Å². The van der Waals surface area contributed by atoms with Crippen molar-refractivity contribution in [2.75, 3.05) is 0 Å². The van der Waals surface area contributed by atoms with Crippen molar-refractivity contribution in [3.63, 3.8) is 0 Å². The molecule has 1 aliphatic carbocycles. The Balaban J connectivity index is 1.79. The van der Waals surface area contributed by atoms with Crippen LogP contribution in [0, 0.1) is 0 Å². The summed E-state index contributed by atoms with van der Waals surface area (Å²) < 4.78 is 28.4. The predicted molar refractivity (Wildman–Crippen MR) is 85.6 cm³/mol. The maximum atomic E-state index is 13.3. The van der Waals surface area contributed by atoms with Gasteiger partial charge in [0.05, 0.1) is 5.69 Å². The molecule has 1 amide bonds. The highest BCUT2D eigenvalue weighted by Crippen LogP contribution is 2.48. The summed E-state index contributed by atoms with van der Waals surface area (Å²) in [5, 5.41) is 20.3. The lowest BCUT2D eigenvalue weighted by Gasteiger charge is -2.34. The molecular weight excluding hydrogens is 354 g/mol. The number of fused-ring (bicyclic) bond motifs is 3. The summed E-state index contributed by atoms with van der Waals surface area (Å²) in [6.45, 7) is 0. The van der Waals surface area contributed by atoms with Crippen LogP contribution in [0.2, 0.25) is 5.02 Å². The van der Waals surface area contributed by atoms with E-state index in [0.717, 1.165) is 11.3 Å². The van der Waals surface area contributed by atoms with E-state index in [2.05, 4.69) is 15.5 Å². The Labute approximate surface area is 146 Å². The molecule has 6 nitrogen and oxygen atoms in total. The Kier molecular flexibility index (Phi) is 3.68. The highest BCUT2D eigenvalue weighted by atomic mass is 35.5. The van der Waals surface area contributed by atoms with E-state index in [1.807, 2.05) is 0 Å². The maximum Gasteiger partial charge on any atom is 0.404 e. The number of nitrogens with zero attached hydrogens (tertiary/aromatic N) is 3. The second-order valence-electron chi connectivity index (χ2n) is 6.60. The van der Waals surface area contributed by atoms with Crippen molar-refractivity contribution in [2.24, 2.45) is 0 Å². The third-order valence-electron chi connectivity index (χ3n) is 4.72. The zero-order chi connectivity index (χ0) is 17.8. The van der Waals surface area contributed by atoms with Gasteiger partial charge in [-0.25, -0.2) is 13.6 Å². The number of amides is 1. The molecule has 1 aromatic heterocycles. The van der Waals surface area contributed by atoms with Gasteiger partial charge in [-0.05, 0) is 30.2 Å². The lowest BCUT2D eigenvalue weighted by molar-refractivity contribution is -0.0888. The number of carboxylic acid groups (broad SMARTS) is 1. The fourth-order valence-corrected chi connectivity index (χ4v) is 3.80. The molecular formula is C16H15ClF2N4O2. The lowest BCUT2D eigenvalue weighted by atomic mass is 9.80. The molecule has 25 heavy (non-hydrogen) atoms. The molecule has 1 saturated carbocycles. The summed E-state index contributed by atoms with van der Waals surface area (Å²) >= 11 is 6.09. The molecule has 2 aliphatic rings. The molecule has 1 fully saturated rings. The minimum Gasteiger partial charge on any atom is -0.465 e. The van der Waals surface area contributed by atoms with Gasteiger partial charge in [0, 0.05) is 36.2 Å². The molecule has 1 atom stereocenters. The molecule has 2 N–H and O–H groups in total. The van der Waals surface area contributed by atoms with Crippen LogP contribution in [0.4, 0.5) is 13.6 Å². The standard InChI is InChI=1S/C16H15ClF2N4O2/c17-10-1-2-12-8(3-10)4-11(20-15(24)25)5-13-21-22-14(23(12)13)9-6-16(18,19)7-9/h1-3,9,11,20H,4-7H2,(H,24,25). The molecule has 0 spiro atoms. The minimum absolute atomic E-state index is 0.245. The number of hydrogen-bond acceptors (Lipinski definition) is 3. The average molecular weight is 369 g/mol. The van der Waals surface area contributed by atoms with Gasteiger partial charge in [-0.1, -0.05) is 11.6 Å². The van der Waals surface area contributed by atoms with Crippen LogP contribution >= 0.6 is 11.6 Å². The number of benzene rings is 1. The Morgan fingerprint density at radius 1 is 1.32 bits per heavy atom. The first-order valence-corrected chi connectivity index (χ1v) is 8.30. The van der Waals surface area contributed by atoms with E-state index in [-0.39, 0.29) is 18.8 Å². The second-order valence-corrected chi connectivity index (χ2v) is 7.04. The van der Waals surface area contributed by atoms with Crippen LogP contribution in [0.1, 0.15) is 36.0 Å². The van der Waals surface area contributed by atoms with Gasteiger partial charge in [0.15, 0.2) is 0 Å². The fraction of sp³-hybridized carbons (Fsp3) is 0.438. The van der Waals surface area contributed by atoms with Crippen molar-refractivity contribution in [1.29, 1.82) is 0 Å². The van der Waals surface area contributed by atoms with E-state index in [1.165, 1.54) is 0 Å². The Morgan fingerprint density at radius 2 is 2.08 bits per heavy atom.